The highest BCUT2D eigenvalue weighted by Crippen LogP contribution is 1.52. The molecule has 0 fully saturated rings. The van der Waals surface area contributed by atoms with Gasteiger partial charge in [-0.2, -0.15) is 0 Å². The van der Waals surface area contributed by atoms with Crippen molar-refractivity contribution in [3.05, 3.63) is 0 Å². The first-order chi connectivity index (χ1) is 2.41. The maximum absolute atomic E-state index is 4.25. The molecule has 0 aliphatic rings. The maximum atomic E-state index is 4.25. The fraction of sp³-hybridized carbons (Fsp3) is 0. The molecule has 8 radical (unpaired) electrons. The number of hydrogen-bond donors (Lipinski definition) is 0. The highest BCUT2D eigenvalue weighted by atomic mass is 28.3. The molecule has 0 saturated heterocycles. The monoisotopic (exact) mass is 116 g/mol. The molecule has 24 valence electrons. The Morgan fingerprint density at radius 2 is 1.60 bits per heavy atom. The Hall–Kier alpha value is 0.571. The molecule has 0 aromatic rings. The molecule has 0 spiro atoms. The van der Waals surface area contributed by atoms with Crippen molar-refractivity contribution in [2.75, 3.05) is 0 Å². The summed E-state index contributed by atoms with van der Waals surface area (Å²) in [6, 6.07) is 0. The van der Waals surface area contributed by atoms with E-state index in [4.69, 9.17) is 0 Å². The quantitative estimate of drug-likeness (QED) is 0.418. The van der Waals surface area contributed by atoms with Crippen LogP contribution in [-0.2, 0) is 8.23 Å². The third-order valence-electron chi connectivity index (χ3n) is 0.0833. The minimum Gasteiger partial charge on any atom is -0.435 e. The van der Waals surface area contributed by atoms with Gasteiger partial charge in [-0.15, -0.1) is 0 Å². The molecule has 0 aromatic carbocycles. The van der Waals surface area contributed by atoms with Gasteiger partial charge in [-0.05, 0) is 0 Å². The van der Waals surface area contributed by atoms with Gasteiger partial charge in [-0.1, -0.05) is 0 Å². The van der Waals surface area contributed by atoms with E-state index in [0.717, 1.165) is 0 Å². The highest BCUT2D eigenvalue weighted by Gasteiger charge is 1.74. The fourth-order valence-electron chi connectivity index (χ4n) is 0.0208. The summed E-state index contributed by atoms with van der Waals surface area (Å²) in [6.45, 7) is 0. The van der Waals surface area contributed by atoms with Crippen LogP contribution >= 0.6 is 0 Å². The van der Waals surface area contributed by atoms with Crippen LogP contribution in [0.4, 0.5) is 0 Å². The second-order valence-electron chi connectivity index (χ2n) is 0.287. The summed E-state index contributed by atoms with van der Waals surface area (Å²) >= 11 is 0. The molecule has 0 N–H and O–H groups in total. The average Bonchev–Trinajstić information content (AvgIpc) is 1.41. The van der Waals surface area contributed by atoms with E-state index in [2.05, 4.69) is 29.2 Å². The Kier molecular flexibility index (Phi) is 5.09. The molecule has 0 atom stereocenters. The molecule has 2 nitrogen and oxygen atoms in total. The van der Waals surface area contributed by atoms with E-state index >= 15 is 0 Å². The Morgan fingerprint density at radius 1 is 1.20 bits per heavy atom. The van der Waals surface area contributed by atoms with E-state index in [-0.39, 0.29) is 10.0 Å². The summed E-state index contributed by atoms with van der Waals surface area (Å²) in [5.74, 6) is 0. The maximum Gasteiger partial charge on any atom is 0.409 e. The third kappa shape index (κ3) is 4.57. The largest absolute Gasteiger partial charge is 0.435 e. The van der Waals surface area contributed by atoms with Gasteiger partial charge in [0.05, 0.1) is 0 Å². The van der Waals surface area contributed by atoms with E-state index in [1.165, 1.54) is 0 Å². The second kappa shape index (κ2) is 4.57. The Balaban J connectivity index is 2.19. The van der Waals surface area contributed by atoms with Gasteiger partial charge in [0.1, 0.15) is 0 Å². The molecule has 0 heterocycles. The van der Waals surface area contributed by atoms with Crippen LogP contribution in [0.15, 0.2) is 0 Å². The molecule has 0 saturated carbocycles. The Morgan fingerprint density at radius 3 is 1.60 bits per heavy atom. The lowest BCUT2D eigenvalue weighted by molar-refractivity contribution is 0.513. The molecule has 0 aromatic heterocycles. The summed E-state index contributed by atoms with van der Waals surface area (Å²) < 4.78 is 8.51. The second-order valence-corrected chi connectivity index (χ2v) is 2.09. The van der Waals surface area contributed by atoms with Crippen LogP contribution in [0.2, 0.25) is 0 Å². The zero-order chi connectivity index (χ0) is 4.12. The van der Waals surface area contributed by atoms with Crippen molar-refractivity contribution >= 4 is 31.0 Å². The summed E-state index contributed by atoms with van der Waals surface area (Å²) in [5.41, 5.74) is 0. The van der Waals surface area contributed by atoms with Gasteiger partial charge in [0.2, 0.25) is 21.0 Å². The van der Waals surface area contributed by atoms with Gasteiger partial charge in [-0.3, -0.25) is 0 Å². The van der Waals surface area contributed by atoms with Crippen LogP contribution in [-0.4, -0.2) is 31.0 Å². The molecule has 0 aliphatic heterocycles. The zero-order valence-electron chi connectivity index (χ0n) is 2.32. The van der Waals surface area contributed by atoms with Crippen LogP contribution in [0.3, 0.4) is 0 Å². The zero-order valence-corrected chi connectivity index (χ0v) is 5.32. The van der Waals surface area contributed by atoms with Crippen LogP contribution in [0.1, 0.15) is 0 Å². The molecule has 0 amide bonds. The summed E-state index contributed by atoms with van der Waals surface area (Å²) in [7, 11) is 5.44. The molecule has 0 unspecified atom stereocenters. The predicted molar refractivity (Wildman–Crippen MR) is 19.4 cm³/mol. The predicted octanol–water partition coefficient (Wildman–Crippen LogP) is -1.28. The molecule has 5 heavy (non-hydrogen) atoms. The van der Waals surface area contributed by atoms with Crippen LogP contribution < -0.4 is 0 Å². The lowest BCUT2D eigenvalue weighted by Crippen LogP contribution is -1.96. The minimum absolute atomic E-state index is 0.0247. The molecule has 5 heteroatoms. The van der Waals surface area contributed by atoms with Gasteiger partial charge >= 0.3 is 10.0 Å². The normalized spacial score (nSPS) is 8.40. The van der Waals surface area contributed by atoms with Gasteiger partial charge in [0.15, 0.2) is 0 Å². The first-order valence-corrected chi connectivity index (χ1v) is 2.45. The van der Waals surface area contributed by atoms with E-state index < -0.39 is 0 Å². The first-order valence-electron chi connectivity index (χ1n) is 0.816. The number of hydrogen-bond acceptors (Lipinski definition) is 2. The van der Waals surface area contributed by atoms with Gasteiger partial charge < -0.3 is 8.23 Å². The average molecular weight is 116 g/mol. The SMILES string of the molecule is [Si]O[Si]O[Si]. The fourth-order valence-corrected chi connectivity index (χ4v) is 0.563. The molecule has 0 rings (SSSR count). The standard InChI is InChI=1S/O2Si3/c3-1-5-2-4. The molecule has 0 aliphatic carbocycles. The van der Waals surface area contributed by atoms with Gasteiger partial charge in [0.25, 0.3) is 0 Å². The molecule has 0 bridgehead atoms. The highest BCUT2D eigenvalue weighted by molar-refractivity contribution is 6.33. The smallest absolute Gasteiger partial charge is 0.409 e. The van der Waals surface area contributed by atoms with Crippen molar-refractivity contribution < 1.29 is 8.23 Å². The molecular formula is O2Si3. The van der Waals surface area contributed by atoms with Crippen molar-refractivity contribution in [2.45, 2.75) is 0 Å². The van der Waals surface area contributed by atoms with E-state index in [1.807, 2.05) is 0 Å². The Bertz CT molecular complexity index is 12.4. The van der Waals surface area contributed by atoms with E-state index in [9.17, 15) is 0 Å². The number of rotatable bonds is 2. The van der Waals surface area contributed by atoms with E-state index in [1.54, 1.807) is 0 Å². The van der Waals surface area contributed by atoms with E-state index in [0.29, 0.717) is 0 Å². The van der Waals surface area contributed by atoms with Crippen molar-refractivity contribution in [3.8, 4) is 0 Å². The lowest BCUT2D eigenvalue weighted by atomic mass is 15.8. The minimum atomic E-state index is 0.0247. The summed E-state index contributed by atoms with van der Waals surface area (Å²) in [4.78, 5) is 0. The molecular weight excluding hydrogens is 116 g/mol. The van der Waals surface area contributed by atoms with Crippen molar-refractivity contribution in [1.82, 2.24) is 0 Å². The summed E-state index contributed by atoms with van der Waals surface area (Å²) in [5, 5.41) is 0. The van der Waals surface area contributed by atoms with Crippen LogP contribution in [0, 0.1) is 0 Å². The first kappa shape index (κ1) is 5.57. The van der Waals surface area contributed by atoms with Crippen LogP contribution in [0.25, 0.3) is 0 Å². The van der Waals surface area contributed by atoms with Crippen molar-refractivity contribution in [3.63, 3.8) is 0 Å². The van der Waals surface area contributed by atoms with Gasteiger partial charge in [0, 0.05) is 0 Å². The Labute approximate surface area is 40.0 Å². The van der Waals surface area contributed by atoms with Crippen molar-refractivity contribution in [1.29, 1.82) is 0 Å². The van der Waals surface area contributed by atoms with Crippen molar-refractivity contribution in [2.24, 2.45) is 0 Å². The third-order valence-corrected chi connectivity index (χ3v) is 0.750. The van der Waals surface area contributed by atoms with Crippen LogP contribution in [0.5, 0.6) is 0 Å². The lowest BCUT2D eigenvalue weighted by Gasteiger charge is -1.82. The summed E-state index contributed by atoms with van der Waals surface area (Å²) in [6.07, 6.45) is 0. The van der Waals surface area contributed by atoms with Gasteiger partial charge in [-0.25, -0.2) is 0 Å². The topological polar surface area (TPSA) is 18.5 Å².